The summed E-state index contributed by atoms with van der Waals surface area (Å²) in [5.41, 5.74) is 0.596. The Bertz CT molecular complexity index is 1020. The fourth-order valence-electron chi connectivity index (χ4n) is 2.40. The molecule has 0 aliphatic carbocycles. The fraction of sp³-hybridized carbons (Fsp3) is 0.100. The van der Waals surface area contributed by atoms with E-state index in [0.717, 1.165) is 0 Å². The zero-order chi connectivity index (χ0) is 20.6. The third kappa shape index (κ3) is 5.43. The zero-order valence-electron chi connectivity index (χ0n) is 15.1. The van der Waals surface area contributed by atoms with Crippen molar-refractivity contribution in [3.63, 3.8) is 0 Å². The van der Waals surface area contributed by atoms with E-state index in [-0.39, 0.29) is 28.5 Å². The van der Waals surface area contributed by atoms with Gasteiger partial charge in [0.2, 0.25) is 0 Å². The number of hydrogen-bond acceptors (Lipinski definition) is 6. The highest BCUT2D eigenvalue weighted by molar-refractivity contribution is 6.32. The maximum Gasteiger partial charge on any atom is 0.341 e. The monoisotopic (exact) mass is 413 g/mol. The Morgan fingerprint density at radius 1 is 1.03 bits per heavy atom. The molecule has 0 unspecified atom stereocenters. The molecule has 0 saturated heterocycles. The van der Waals surface area contributed by atoms with Crippen molar-refractivity contribution in [3.05, 3.63) is 83.0 Å². The molecule has 1 aromatic carbocycles. The molecule has 2 aromatic heterocycles. The van der Waals surface area contributed by atoms with Gasteiger partial charge in [-0.1, -0.05) is 23.7 Å². The maximum atomic E-state index is 12.4. The number of hydrogen-bond donors (Lipinski definition) is 2. The summed E-state index contributed by atoms with van der Waals surface area (Å²) in [6, 6.07) is 12.9. The Morgan fingerprint density at radius 3 is 2.59 bits per heavy atom. The summed E-state index contributed by atoms with van der Waals surface area (Å²) in [5.74, 6) is -1.18. The molecule has 0 spiro atoms. The molecule has 0 saturated carbocycles. The number of aromatic nitrogens is 1. The van der Waals surface area contributed by atoms with Crippen LogP contribution in [0.4, 0.5) is 5.69 Å². The molecule has 9 heteroatoms. The normalized spacial score (nSPS) is 10.2. The molecular formula is C20H16ClN3O5. The van der Waals surface area contributed by atoms with Crippen LogP contribution >= 0.6 is 11.6 Å². The van der Waals surface area contributed by atoms with Crippen LogP contribution in [0.1, 0.15) is 26.5 Å². The standard InChI is InChI=1S/C20H16ClN3O5/c21-18-15(7-3-9-22-18)20(27)29-12-17(25)24-16-8-2-1-6-14(16)19(26)23-11-13-5-4-10-28-13/h1-10H,11-12H2,(H,23,26)(H,24,25). The van der Waals surface area contributed by atoms with E-state index >= 15 is 0 Å². The first-order chi connectivity index (χ1) is 14.0. The summed E-state index contributed by atoms with van der Waals surface area (Å²) >= 11 is 5.82. The molecule has 0 aliphatic heterocycles. The van der Waals surface area contributed by atoms with Crippen LogP contribution in [0.15, 0.2) is 65.4 Å². The number of ether oxygens (including phenoxy) is 1. The molecule has 2 amide bonds. The molecule has 8 nitrogen and oxygen atoms in total. The number of halogens is 1. The molecule has 29 heavy (non-hydrogen) atoms. The lowest BCUT2D eigenvalue weighted by Crippen LogP contribution is -2.26. The smallest absolute Gasteiger partial charge is 0.341 e. The number of anilines is 1. The number of para-hydroxylation sites is 1. The maximum absolute atomic E-state index is 12.4. The largest absolute Gasteiger partial charge is 0.467 e. The third-order valence-corrected chi connectivity index (χ3v) is 4.06. The predicted octanol–water partition coefficient (Wildman–Crippen LogP) is 3.05. The van der Waals surface area contributed by atoms with Crippen LogP contribution in [0.2, 0.25) is 5.15 Å². The topological polar surface area (TPSA) is 111 Å². The van der Waals surface area contributed by atoms with Crippen molar-refractivity contribution < 1.29 is 23.5 Å². The van der Waals surface area contributed by atoms with Crippen molar-refractivity contribution in [1.29, 1.82) is 0 Å². The van der Waals surface area contributed by atoms with Crippen LogP contribution in [-0.2, 0) is 16.1 Å². The number of furan rings is 1. The van der Waals surface area contributed by atoms with E-state index in [1.54, 1.807) is 36.4 Å². The number of carbonyl (C=O) groups is 3. The van der Waals surface area contributed by atoms with E-state index in [1.165, 1.54) is 24.6 Å². The number of pyridine rings is 1. The molecule has 148 valence electrons. The van der Waals surface area contributed by atoms with E-state index in [4.69, 9.17) is 20.8 Å². The minimum absolute atomic E-state index is 0.0171. The van der Waals surface area contributed by atoms with Crippen LogP contribution in [0.3, 0.4) is 0 Å². The molecule has 0 aliphatic rings. The molecule has 2 N–H and O–H groups in total. The average molecular weight is 414 g/mol. The van der Waals surface area contributed by atoms with Gasteiger partial charge in [0.05, 0.1) is 29.6 Å². The molecular weight excluding hydrogens is 398 g/mol. The summed E-state index contributed by atoms with van der Waals surface area (Å²) < 4.78 is 10.1. The average Bonchev–Trinajstić information content (AvgIpc) is 3.25. The molecule has 2 heterocycles. The van der Waals surface area contributed by atoms with E-state index in [2.05, 4.69) is 15.6 Å². The Morgan fingerprint density at radius 2 is 1.83 bits per heavy atom. The lowest BCUT2D eigenvalue weighted by Gasteiger charge is -2.11. The lowest BCUT2D eigenvalue weighted by atomic mass is 10.1. The van der Waals surface area contributed by atoms with Crippen molar-refractivity contribution in [2.75, 3.05) is 11.9 Å². The Balaban J connectivity index is 1.58. The van der Waals surface area contributed by atoms with Crippen LogP contribution in [-0.4, -0.2) is 29.4 Å². The van der Waals surface area contributed by atoms with E-state index in [0.29, 0.717) is 5.76 Å². The van der Waals surface area contributed by atoms with Crippen LogP contribution in [0.5, 0.6) is 0 Å². The van der Waals surface area contributed by atoms with Gasteiger partial charge in [-0.05, 0) is 36.4 Å². The molecule has 3 rings (SSSR count). The summed E-state index contributed by atoms with van der Waals surface area (Å²) in [5, 5.41) is 5.24. The van der Waals surface area contributed by atoms with Gasteiger partial charge in [-0.25, -0.2) is 9.78 Å². The van der Waals surface area contributed by atoms with Gasteiger partial charge >= 0.3 is 5.97 Å². The number of nitrogens with zero attached hydrogens (tertiary/aromatic N) is 1. The van der Waals surface area contributed by atoms with E-state index < -0.39 is 24.4 Å². The second kappa shape index (κ2) is 9.52. The van der Waals surface area contributed by atoms with E-state index in [9.17, 15) is 14.4 Å². The first-order valence-corrected chi connectivity index (χ1v) is 8.89. The number of carbonyl (C=O) groups excluding carboxylic acids is 3. The number of benzene rings is 1. The van der Waals surface area contributed by atoms with Gasteiger partial charge in [0.15, 0.2) is 6.61 Å². The Hall–Kier alpha value is -3.65. The highest BCUT2D eigenvalue weighted by Gasteiger charge is 2.16. The summed E-state index contributed by atoms with van der Waals surface area (Å²) in [6.45, 7) is -0.343. The highest BCUT2D eigenvalue weighted by Crippen LogP contribution is 2.16. The van der Waals surface area contributed by atoms with Crippen molar-refractivity contribution in [2.24, 2.45) is 0 Å². The predicted molar refractivity (Wildman–Crippen MR) is 104 cm³/mol. The summed E-state index contributed by atoms with van der Waals surface area (Å²) in [4.78, 5) is 40.4. The van der Waals surface area contributed by atoms with Crippen LogP contribution < -0.4 is 10.6 Å². The van der Waals surface area contributed by atoms with Gasteiger partial charge in [0.25, 0.3) is 11.8 Å². The van der Waals surface area contributed by atoms with Gasteiger partial charge in [-0.2, -0.15) is 0 Å². The van der Waals surface area contributed by atoms with Crippen LogP contribution in [0, 0.1) is 0 Å². The number of nitrogens with one attached hydrogen (secondary N) is 2. The van der Waals surface area contributed by atoms with Crippen LogP contribution in [0.25, 0.3) is 0 Å². The number of esters is 1. The summed E-state index contributed by atoms with van der Waals surface area (Å²) in [6.07, 6.45) is 2.94. The van der Waals surface area contributed by atoms with E-state index in [1.807, 2.05) is 0 Å². The van der Waals surface area contributed by atoms with Crippen molar-refractivity contribution in [2.45, 2.75) is 6.54 Å². The third-order valence-electron chi connectivity index (χ3n) is 3.76. The molecule has 0 bridgehead atoms. The molecule has 0 fully saturated rings. The first kappa shape index (κ1) is 20.1. The van der Waals surface area contributed by atoms with Gasteiger partial charge in [0, 0.05) is 6.20 Å². The van der Waals surface area contributed by atoms with Gasteiger partial charge in [-0.15, -0.1) is 0 Å². The van der Waals surface area contributed by atoms with Crippen molar-refractivity contribution >= 4 is 35.1 Å². The Kier molecular flexibility index (Phi) is 6.59. The van der Waals surface area contributed by atoms with Gasteiger partial charge in [-0.3, -0.25) is 9.59 Å². The molecule has 0 radical (unpaired) electrons. The fourth-order valence-corrected chi connectivity index (χ4v) is 2.60. The van der Waals surface area contributed by atoms with Crippen molar-refractivity contribution in [3.8, 4) is 0 Å². The van der Waals surface area contributed by atoms with Crippen molar-refractivity contribution in [1.82, 2.24) is 10.3 Å². The molecule has 3 aromatic rings. The second-order valence-corrected chi connectivity index (χ2v) is 6.13. The quantitative estimate of drug-likeness (QED) is 0.455. The SMILES string of the molecule is O=C(COC(=O)c1cccnc1Cl)Nc1ccccc1C(=O)NCc1ccco1. The first-order valence-electron chi connectivity index (χ1n) is 8.51. The Labute approximate surface area is 170 Å². The van der Waals surface area contributed by atoms with Gasteiger partial charge in [0.1, 0.15) is 10.9 Å². The minimum atomic E-state index is -0.775. The minimum Gasteiger partial charge on any atom is -0.467 e. The van der Waals surface area contributed by atoms with Gasteiger partial charge < -0.3 is 19.8 Å². The zero-order valence-corrected chi connectivity index (χ0v) is 15.8. The summed E-state index contributed by atoms with van der Waals surface area (Å²) in [7, 11) is 0. The number of rotatable bonds is 7. The highest BCUT2D eigenvalue weighted by atomic mass is 35.5. The lowest BCUT2D eigenvalue weighted by molar-refractivity contribution is -0.119. The molecule has 0 atom stereocenters. The number of amides is 2. The second-order valence-electron chi connectivity index (χ2n) is 5.77.